The predicted octanol–water partition coefficient (Wildman–Crippen LogP) is 3.22. The fourth-order valence-corrected chi connectivity index (χ4v) is 4.68. The molecule has 1 aliphatic heterocycles. The molecule has 162 valence electrons. The van der Waals surface area contributed by atoms with Gasteiger partial charge in [-0.05, 0) is 43.0 Å². The summed E-state index contributed by atoms with van der Waals surface area (Å²) < 4.78 is 4.91. The van der Waals surface area contributed by atoms with E-state index in [9.17, 15) is 14.7 Å². The van der Waals surface area contributed by atoms with Crippen LogP contribution in [0.15, 0.2) is 40.4 Å². The van der Waals surface area contributed by atoms with Gasteiger partial charge in [-0.15, -0.1) is 11.3 Å². The molecule has 2 N–H and O–H groups in total. The summed E-state index contributed by atoms with van der Waals surface area (Å²) in [6.07, 6.45) is 1.35. The van der Waals surface area contributed by atoms with E-state index in [-0.39, 0.29) is 35.9 Å². The number of carbonyl (C=O) groups excluding carboxylic acids is 2. The fraction of sp³-hybridized carbons (Fsp3) is 0.364. The van der Waals surface area contributed by atoms with E-state index >= 15 is 0 Å². The molecule has 31 heavy (non-hydrogen) atoms. The van der Waals surface area contributed by atoms with E-state index < -0.39 is 6.04 Å². The Morgan fingerprint density at radius 1 is 1.35 bits per heavy atom. The van der Waals surface area contributed by atoms with Crippen LogP contribution in [0.4, 0.5) is 0 Å². The van der Waals surface area contributed by atoms with Gasteiger partial charge in [-0.25, -0.2) is 4.98 Å². The number of benzene rings is 1. The van der Waals surface area contributed by atoms with Crippen LogP contribution in [0.25, 0.3) is 10.4 Å². The molecule has 2 atom stereocenters. The minimum Gasteiger partial charge on any atom is -0.491 e. The summed E-state index contributed by atoms with van der Waals surface area (Å²) in [6.45, 7) is 4.44. The first kappa shape index (κ1) is 21.0. The van der Waals surface area contributed by atoms with Crippen LogP contribution in [-0.2, 0) is 16.0 Å². The predicted molar refractivity (Wildman–Crippen MR) is 115 cm³/mol. The number of nitrogens with one attached hydrogen (secondary N) is 1. The second-order valence-corrected chi connectivity index (χ2v) is 8.55. The highest BCUT2D eigenvalue weighted by Gasteiger charge is 2.35. The highest BCUT2D eigenvalue weighted by atomic mass is 32.1. The molecule has 2 amide bonds. The number of hydrogen-bond donors (Lipinski definition) is 2. The van der Waals surface area contributed by atoms with E-state index in [1.54, 1.807) is 16.2 Å². The topological polar surface area (TPSA) is 109 Å². The molecule has 0 spiro atoms. The van der Waals surface area contributed by atoms with Gasteiger partial charge in [0.2, 0.25) is 11.8 Å². The molecule has 9 heteroatoms. The van der Waals surface area contributed by atoms with Gasteiger partial charge >= 0.3 is 0 Å². The van der Waals surface area contributed by atoms with Gasteiger partial charge in [0.15, 0.2) is 0 Å². The van der Waals surface area contributed by atoms with Crippen molar-refractivity contribution in [2.24, 2.45) is 0 Å². The summed E-state index contributed by atoms with van der Waals surface area (Å²) in [5.41, 5.74) is 4.94. The number of rotatable bonds is 6. The van der Waals surface area contributed by atoms with E-state index in [2.05, 4.69) is 15.5 Å². The SMILES string of the molecule is Cc1ncsc1-c1ccc([C@H](C)NC(=O)[C@@H]2CCCN2C(=O)Cc2cc(O)no2)cc1. The van der Waals surface area contributed by atoms with Gasteiger partial charge in [0.05, 0.1) is 28.5 Å². The standard InChI is InChI=1S/C22H24N4O4S/c1-13(15-5-7-16(8-6-15)21-14(2)23-12-31-21)24-22(29)18-4-3-9-26(18)20(28)11-17-10-19(27)25-30-17/h5-8,10,12-13,18H,3-4,9,11H2,1-2H3,(H,24,29)(H,25,27)/t13-,18-/m0/s1. The Hall–Kier alpha value is -3.20. The lowest BCUT2D eigenvalue weighted by atomic mass is 10.0. The zero-order chi connectivity index (χ0) is 22.0. The van der Waals surface area contributed by atoms with Crippen molar-refractivity contribution >= 4 is 23.2 Å². The van der Waals surface area contributed by atoms with Crippen molar-refractivity contribution in [3.63, 3.8) is 0 Å². The minimum atomic E-state index is -0.509. The monoisotopic (exact) mass is 440 g/mol. The summed E-state index contributed by atoms with van der Waals surface area (Å²) in [5, 5.41) is 15.7. The van der Waals surface area contributed by atoms with E-state index in [1.165, 1.54) is 6.07 Å². The van der Waals surface area contributed by atoms with Gasteiger partial charge in [-0.1, -0.05) is 24.3 Å². The minimum absolute atomic E-state index is 0.0364. The van der Waals surface area contributed by atoms with Crippen molar-refractivity contribution in [1.29, 1.82) is 0 Å². The highest BCUT2D eigenvalue weighted by Crippen LogP contribution is 2.28. The molecule has 0 bridgehead atoms. The third-order valence-electron chi connectivity index (χ3n) is 5.52. The number of aryl methyl sites for hydroxylation is 1. The molecule has 4 rings (SSSR count). The number of amides is 2. The molecule has 1 aromatic carbocycles. The summed E-state index contributed by atoms with van der Waals surface area (Å²) in [5.74, 6) is -0.367. The van der Waals surface area contributed by atoms with Crippen LogP contribution in [0.2, 0.25) is 0 Å². The zero-order valence-electron chi connectivity index (χ0n) is 17.4. The third-order valence-corrected chi connectivity index (χ3v) is 6.50. The van der Waals surface area contributed by atoms with Crippen molar-refractivity contribution in [1.82, 2.24) is 20.4 Å². The van der Waals surface area contributed by atoms with Gasteiger partial charge in [-0.3, -0.25) is 9.59 Å². The summed E-state index contributed by atoms with van der Waals surface area (Å²) in [6, 6.07) is 8.70. The van der Waals surface area contributed by atoms with Gasteiger partial charge in [0.25, 0.3) is 5.88 Å². The molecule has 1 aliphatic rings. The van der Waals surface area contributed by atoms with Crippen LogP contribution in [0.3, 0.4) is 0 Å². The van der Waals surface area contributed by atoms with Crippen molar-refractivity contribution in [2.75, 3.05) is 6.54 Å². The van der Waals surface area contributed by atoms with Crippen molar-refractivity contribution < 1.29 is 19.2 Å². The van der Waals surface area contributed by atoms with E-state index in [4.69, 9.17) is 4.52 Å². The second kappa shape index (κ2) is 8.89. The van der Waals surface area contributed by atoms with Crippen molar-refractivity contribution in [3.05, 3.63) is 52.9 Å². The molecule has 0 saturated carbocycles. The molecule has 1 saturated heterocycles. The summed E-state index contributed by atoms with van der Waals surface area (Å²) >= 11 is 1.61. The number of aromatic hydroxyl groups is 1. The Morgan fingerprint density at radius 3 is 2.77 bits per heavy atom. The third kappa shape index (κ3) is 4.61. The molecule has 0 aliphatic carbocycles. The maximum atomic E-state index is 12.9. The number of carbonyl (C=O) groups is 2. The van der Waals surface area contributed by atoms with Crippen LogP contribution in [-0.4, -0.2) is 44.5 Å². The highest BCUT2D eigenvalue weighted by molar-refractivity contribution is 7.13. The van der Waals surface area contributed by atoms with Crippen LogP contribution in [0.5, 0.6) is 5.88 Å². The lowest BCUT2D eigenvalue weighted by molar-refractivity contribution is -0.138. The number of nitrogens with zero attached hydrogens (tertiary/aromatic N) is 3. The van der Waals surface area contributed by atoms with Crippen LogP contribution < -0.4 is 5.32 Å². The normalized spacial score (nSPS) is 17.0. The first-order valence-electron chi connectivity index (χ1n) is 10.2. The van der Waals surface area contributed by atoms with Gasteiger partial charge < -0.3 is 19.8 Å². The molecule has 2 aromatic heterocycles. The Balaban J connectivity index is 1.38. The largest absolute Gasteiger partial charge is 0.491 e. The molecule has 8 nitrogen and oxygen atoms in total. The number of aromatic nitrogens is 2. The Morgan fingerprint density at radius 2 is 2.13 bits per heavy atom. The second-order valence-electron chi connectivity index (χ2n) is 7.69. The molecular weight excluding hydrogens is 416 g/mol. The Kier molecular flexibility index (Phi) is 6.03. The number of thiazole rings is 1. The van der Waals surface area contributed by atoms with Crippen molar-refractivity contribution in [2.45, 2.75) is 45.2 Å². The molecule has 1 fully saturated rings. The maximum absolute atomic E-state index is 12.9. The van der Waals surface area contributed by atoms with Crippen LogP contribution in [0.1, 0.15) is 42.8 Å². The molecule has 3 aromatic rings. The number of hydrogen-bond acceptors (Lipinski definition) is 7. The lowest BCUT2D eigenvalue weighted by Gasteiger charge is -2.25. The molecule has 0 unspecified atom stereocenters. The first-order chi connectivity index (χ1) is 14.9. The van der Waals surface area contributed by atoms with Crippen LogP contribution >= 0.6 is 11.3 Å². The molecule has 0 radical (unpaired) electrons. The van der Waals surface area contributed by atoms with Gasteiger partial charge in [-0.2, -0.15) is 0 Å². The van der Waals surface area contributed by atoms with E-state index in [0.29, 0.717) is 13.0 Å². The van der Waals surface area contributed by atoms with Crippen molar-refractivity contribution in [3.8, 4) is 16.3 Å². The van der Waals surface area contributed by atoms with Crippen LogP contribution in [0, 0.1) is 6.92 Å². The molecule has 3 heterocycles. The van der Waals surface area contributed by atoms with Gasteiger partial charge in [0, 0.05) is 12.6 Å². The number of likely N-dealkylation sites (tertiary alicyclic amines) is 1. The average Bonchev–Trinajstić information content (AvgIpc) is 3.49. The van der Waals surface area contributed by atoms with E-state index in [1.807, 2.05) is 43.6 Å². The van der Waals surface area contributed by atoms with Gasteiger partial charge in [0.1, 0.15) is 11.8 Å². The average molecular weight is 441 g/mol. The Bertz CT molecular complexity index is 1080. The lowest BCUT2D eigenvalue weighted by Crippen LogP contribution is -2.47. The molecular formula is C22H24N4O4S. The summed E-state index contributed by atoms with van der Waals surface area (Å²) in [7, 11) is 0. The maximum Gasteiger partial charge on any atom is 0.251 e. The zero-order valence-corrected chi connectivity index (χ0v) is 18.2. The quantitative estimate of drug-likeness (QED) is 0.609. The first-order valence-corrected chi connectivity index (χ1v) is 11.0. The smallest absolute Gasteiger partial charge is 0.251 e. The van der Waals surface area contributed by atoms with E-state index in [0.717, 1.165) is 28.1 Å². The summed E-state index contributed by atoms with van der Waals surface area (Å²) in [4.78, 5) is 32.6. The Labute approximate surface area is 183 Å². The fourth-order valence-electron chi connectivity index (χ4n) is 3.87.